The number of carbonyl (C=O) groups excluding carboxylic acids is 1. The molecule has 0 saturated heterocycles. The number of carbonyl (C=O) groups is 1. The van der Waals surface area contributed by atoms with E-state index in [4.69, 9.17) is 14.2 Å². The minimum absolute atomic E-state index is 0.360. The lowest BCUT2D eigenvalue weighted by atomic mass is 10.1. The number of ether oxygens (including phenoxy) is 3. The Morgan fingerprint density at radius 1 is 0.909 bits per heavy atom. The molecule has 0 atom stereocenters. The van der Waals surface area contributed by atoms with Gasteiger partial charge in [0.1, 0.15) is 17.1 Å². The Morgan fingerprint density at radius 2 is 1.59 bits per heavy atom. The molecule has 0 fully saturated rings. The third-order valence-electron chi connectivity index (χ3n) is 3.21. The third-order valence-corrected chi connectivity index (χ3v) is 3.21. The monoisotopic (exact) mass is 298 g/mol. The van der Waals surface area contributed by atoms with Crippen LogP contribution >= 0.6 is 0 Å². The van der Waals surface area contributed by atoms with Gasteiger partial charge in [0.05, 0.1) is 21.3 Å². The maximum Gasteiger partial charge on any atom is 0.341 e. The first kappa shape index (κ1) is 15.6. The molecule has 0 aliphatic rings. The molecule has 2 aromatic carbocycles. The van der Waals surface area contributed by atoms with Crippen molar-refractivity contribution in [2.45, 2.75) is 0 Å². The van der Waals surface area contributed by atoms with Crippen molar-refractivity contribution in [2.24, 2.45) is 0 Å². The van der Waals surface area contributed by atoms with E-state index in [1.807, 2.05) is 42.5 Å². The van der Waals surface area contributed by atoms with Crippen molar-refractivity contribution in [3.8, 4) is 11.5 Å². The molecule has 0 N–H and O–H groups in total. The number of methoxy groups -OCH3 is 3. The highest BCUT2D eigenvalue weighted by Gasteiger charge is 2.16. The number of rotatable bonds is 5. The fraction of sp³-hybridized carbons (Fsp3) is 0.167. The first-order chi connectivity index (χ1) is 10.7. The Morgan fingerprint density at radius 3 is 2.18 bits per heavy atom. The van der Waals surface area contributed by atoms with Crippen molar-refractivity contribution in [1.82, 2.24) is 0 Å². The summed E-state index contributed by atoms with van der Waals surface area (Å²) >= 11 is 0. The van der Waals surface area contributed by atoms with Crippen LogP contribution in [0.15, 0.2) is 42.5 Å². The average molecular weight is 298 g/mol. The van der Waals surface area contributed by atoms with Crippen LogP contribution in [-0.2, 0) is 4.74 Å². The molecular formula is C18H18O4. The average Bonchev–Trinajstić information content (AvgIpc) is 2.59. The van der Waals surface area contributed by atoms with Crippen molar-refractivity contribution in [3.63, 3.8) is 0 Å². The predicted molar refractivity (Wildman–Crippen MR) is 86.3 cm³/mol. The van der Waals surface area contributed by atoms with Gasteiger partial charge >= 0.3 is 5.97 Å². The van der Waals surface area contributed by atoms with E-state index in [-0.39, 0.29) is 0 Å². The van der Waals surface area contributed by atoms with Gasteiger partial charge in [0.25, 0.3) is 0 Å². The molecule has 0 aliphatic carbocycles. The van der Waals surface area contributed by atoms with E-state index < -0.39 is 5.97 Å². The third kappa shape index (κ3) is 3.47. The molecular weight excluding hydrogens is 280 g/mol. The highest BCUT2D eigenvalue weighted by Crippen LogP contribution is 2.31. The van der Waals surface area contributed by atoms with E-state index in [2.05, 4.69) is 0 Å². The molecule has 2 rings (SSSR count). The van der Waals surface area contributed by atoms with Crippen LogP contribution in [-0.4, -0.2) is 27.3 Å². The maximum atomic E-state index is 11.9. The number of hydrogen-bond acceptors (Lipinski definition) is 4. The molecule has 4 heteroatoms. The second-order valence-corrected chi connectivity index (χ2v) is 4.53. The van der Waals surface area contributed by atoms with E-state index in [1.165, 1.54) is 14.2 Å². The van der Waals surface area contributed by atoms with Crippen molar-refractivity contribution in [3.05, 3.63) is 59.2 Å². The Labute approximate surface area is 129 Å². The van der Waals surface area contributed by atoms with Crippen molar-refractivity contribution < 1.29 is 19.0 Å². The second-order valence-electron chi connectivity index (χ2n) is 4.53. The number of benzene rings is 2. The van der Waals surface area contributed by atoms with E-state index in [1.54, 1.807) is 19.2 Å². The summed E-state index contributed by atoms with van der Waals surface area (Å²) in [5, 5.41) is 0. The summed E-state index contributed by atoms with van der Waals surface area (Å²) in [4.78, 5) is 11.9. The molecule has 0 radical (unpaired) electrons. The van der Waals surface area contributed by atoms with Gasteiger partial charge in [0.15, 0.2) is 0 Å². The molecule has 0 unspecified atom stereocenters. The van der Waals surface area contributed by atoms with E-state index in [9.17, 15) is 4.79 Å². The smallest absolute Gasteiger partial charge is 0.341 e. The minimum Gasteiger partial charge on any atom is -0.496 e. The van der Waals surface area contributed by atoms with Crippen LogP contribution in [0.3, 0.4) is 0 Å². The molecule has 0 amide bonds. The van der Waals surface area contributed by atoms with Gasteiger partial charge in [-0.15, -0.1) is 0 Å². The predicted octanol–water partition coefficient (Wildman–Crippen LogP) is 3.66. The van der Waals surface area contributed by atoms with Gasteiger partial charge in [-0.25, -0.2) is 4.79 Å². The van der Waals surface area contributed by atoms with Crippen LogP contribution in [0.5, 0.6) is 11.5 Å². The fourth-order valence-electron chi connectivity index (χ4n) is 2.07. The maximum absolute atomic E-state index is 11.9. The number of hydrogen-bond donors (Lipinski definition) is 0. The normalized spacial score (nSPS) is 10.5. The minimum atomic E-state index is -0.450. The van der Waals surface area contributed by atoms with Gasteiger partial charge in [-0.2, -0.15) is 0 Å². The lowest BCUT2D eigenvalue weighted by Crippen LogP contribution is -2.05. The van der Waals surface area contributed by atoms with Crippen molar-refractivity contribution >= 4 is 18.1 Å². The van der Waals surface area contributed by atoms with E-state index in [0.717, 1.165) is 11.1 Å². The van der Waals surface area contributed by atoms with Crippen LogP contribution in [0.2, 0.25) is 0 Å². The molecule has 2 aromatic rings. The van der Waals surface area contributed by atoms with Crippen LogP contribution in [0, 0.1) is 0 Å². The van der Waals surface area contributed by atoms with Crippen LogP contribution in [0.25, 0.3) is 12.2 Å². The molecule has 114 valence electrons. The topological polar surface area (TPSA) is 44.8 Å². The van der Waals surface area contributed by atoms with Crippen LogP contribution in [0.4, 0.5) is 0 Å². The highest BCUT2D eigenvalue weighted by molar-refractivity contribution is 5.94. The SMILES string of the molecule is COC(=O)c1cc(/C=C/c2ccccc2)c(OC)cc1OC. The molecule has 0 saturated carbocycles. The Hall–Kier alpha value is -2.75. The van der Waals surface area contributed by atoms with Gasteiger partial charge in [-0.3, -0.25) is 0 Å². The molecule has 0 aromatic heterocycles. The van der Waals surface area contributed by atoms with Crippen LogP contribution in [0.1, 0.15) is 21.5 Å². The summed E-state index contributed by atoms with van der Waals surface area (Å²) in [6.45, 7) is 0. The summed E-state index contributed by atoms with van der Waals surface area (Å²) in [6, 6.07) is 13.2. The molecule has 4 nitrogen and oxygen atoms in total. The lowest BCUT2D eigenvalue weighted by molar-refractivity contribution is 0.0597. The fourth-order valence-corrected chi connectivity index (χ4v) is 2.07. The van der Waals surface area contributed by atoms with Crippen LogP contribution < -0.4 is 9.47 Å². The van der Waals surface area contributed by atoms with E-state index in [0.29, 0.717) is 17.1 Å². The van der Waals surface area contributed by atoms with Gasteiger partial charge in [0, 0.05) is 11.6 Å². The Balaban J connectivity index is 2.45. The second kappa shape index (κ2) is 7.31. The zero-order valence-corrected chi connectivity index (χ0v) is 12.8. The molecule has 0 aliphatic heterocycles. The Bertz CT molecular complexity index is 675. The van der Waals surface area contributed by atoms with Crippen molar-refractivity contribution in [2.75, 3.05) is 21.3 Å². The zero-order valence-electron chi connectivity index (χ0n) is 12.8. The number of esters is 1. The summed E-state index contributed by atoms with van der Waals surface area (Å²) in [6.07, 6.45) is 3.84. The van der Waals surface area contributed by atoms with Gasteiger partial charge < -0.3 is 14.2 Å². The zero-order chi connectivity index (χ0) is 15.9. The standard InChI is InChI=1S/C18H18O4/c1-20-16-12-17(21-2)15(18(19)22-3)11-14(16)10-9-13-7-5-4-6-8-13/h4-12H,1-3H3/b10-9+. The van der Waals surface area contributed by atoms with Gasteiger partial charge in [-0.05, 0) is 11.6 Å². The van der Waals surface area contributed by atoms with Crippen molar-refractivity contribution in [1.29, 1.82) is 0 Å². The van der Waals surface area contributed by atoms with E-state index >= 15 is 0 Å². The molecule has 0 bridgehead atoms. The first-order valence-corrected chi connectivity index (χ1v) is 6.77. The molecule has 22 heavy (non-hydrogen) atoms. The lowest BCUT2D eigenvalue weighted by Gasteiger charge is -2.12. The summed E-state index contributed by atoms with van der Waals surface area (Å²) < 4.78 is 15.4. The largest absolute Gasteiger partial charge is 0.496 e. The first-order valence-electron chi connectivity index (χ1n) is 6.77. The Kier molecular flexibility index (Phi) is 5.20. The molecule has 0 heterocycles. The summed E-state index contributed by atoms with van der Waals surface area (Å²) in [5.74, 6) is 0.589. The summed E-state index contributed by atoms with van der Waals surface area (Å²) in [5.41, 5.74) is 2.19. The van der Waals surface area contributed by atoms with Gasteiger partial charge in [-0.1, -0.05) is 42.5 Å². The quantitative estimate of drug-likeness (QED) is 0.624. The highest BCUT2D eigenvalue weighted by atomic mass is 16.5. The summed E-state index contributed by atoms with van der Waals surface area (Å²) in [7, 11) is 4.42. The van der Waals surface area contributed by atoms with Gasteiger partial charge in [0.2, 0.25) is 0 Å². The molecule has 0 spiro atoms.